The molecule has 0 aliphatic carbocycles. The SMILES string of the molecule is CC(C)Cn1cc(-c2cccc(S(=O)(=O)c3cccc(CC(=O)O)c3)c2)cn1. The van der Waals surface area contributed by atoms with E-state index in [1.54, 1.807) is 36.5 Å². The van der Waals surface area contributed by atoms with Crippen LogP contribution in [0.25, 0.3) is 11.1 Å². The number of sulfone groups is 1. The lowest BCUT2D eigenvalue weighted by atomic mass is 10.1. The van der Waals surface area contributed by atoms with Gasteiger partial charge in [0.15, 0.2) is 0 Å². The number of rotatable bonds is 7. The zero-order valence-electron chi connectivity index (χ0n) is 15.7. The van der Waals surface area contributed by atoms with Crippen LogP contribution in [0.4, 0.5) is 0 Å². The Bertz CT molecular complexity index is 1100. The van der Waals surface area contributed by atoms with E-state index >= 15 is 0 Å². The fourth-order valence-corrected chi connectivity index (χ4v) is 4.34. The quantitative estimate of drug-likeness (QED) is 0.656. The van der Waals surface area contributed by atoms with E-state index in [0.717, 1.165) is 17.7 Å². The maximum absolute atomic E-state index is 13.0. The van der Waals surface area contributed by atoms with Crippen LogP contribution >= 0.6 is 0 Å². The first-order valence-corrected chi connectivity index (χ1v) is 10.4. The number of nitrogens with zero attached hydrogens (tertiary/aromatic N) is 2. The lowest BCUT2D eigenvalue weighted by molar-refractivity contribution is -0.136. The van der Waals surface area contributed by atoms with Gasteiger partial charge in [-0.1, -0.05) is 38.1 Å². The van der Waals surface area contributed by atoms with E-state index in [1.807, 2.05) is 16.9 Å². The van der Waals surface area contributed by atoms with Crippen LogP contribution in [0.1, 0.15) is 19.4 Å². The molecule has 0 radical (unpaired) electrons. The van der Waals surface area contributed by atoms with Gasteiger partial charge < -0.3 is 5.11 Å². The average Bonchev–Trinajstić information content (AvgIpc) is 3.09. The molecule has 0 bridgehead atoms. The van der Waals surface area contributed by atoms with E-state index in [1.165, 1.54) is 12.1 Å². The summed E-state index contributed by atoms with van der Waals surface area (Å²) >= 11 is 0. The van der Waals surface area contributed by atoms with E-state index in [-0.39, 0.29) is 16.2 Å². The molecule has 3 rings (SSSR count). The minimum absolute atomic E-state index is 0.0823. The number of carbonyl (C=O) groups is 1. The predicted octanol–water partition coefficient (Wildman–Crippen LogP) is 3.67. The topological polar surface area (TPSA) is 89.3 Å². The molecular formula is C21H22N2O4S. The highest BCUT2D eigenvalue weighted by Gasteiger charge is 2.19. The molecule has 1 heterocycles. The van der Waals surface area contributed by atoms with Crippen molar-refractivity contribution in [3.63, 3.8) is 0 Å². The number of carboxylic acids is 1. The maximum Gasteiger partial charge on any atom is 0.307 e. The van der Waals surface area contributed by atoms with E-state index < -0.39 is 15.8 Å². The average molecular weight is 398 g/mol. The van der Waals surface area contributed by atoms with Gasteiger partial charge in [-0.3, -0.25) is 9.48 Å². The van der Waals surface area contributed by atoms with Crippen LogP contribution in [0.2, 0.25) is 0 Å². The number of benzene rings is 2. The Morgan fingerprint density at radius 1 is 1.07 bits per heavy atom. The monoisotopic (exact) mass is 398 g/mol. The zero-order chi connectivity index (χ0) is 20.3. The molecule has 0 spiro atoms. The first-order valence-electron chi connectivity index (χ1n) is 8.94. The highest BCUT2D eigenvalue weighted by Crippen LogP contribution is 2.27. The third-order valence-electron chi connectivity index (χ3n) is 4.23. The summed E-state index contributed by atoms with van der Waals surface area (Å²) < 4.78 is 27.9. The van der Waals surface area contributed by atoms with Crippen LogP contribution in [-0.4, -0.2) is 29.3 Å². The first-order chi connectivity index (χ1) is 13.3. The van der Waals surface area contributed by atoms with Crippen LogP contribution < -0.4 is 0 Å². The van der Waals surface area contributed by atoms with Gasteiger partial charge in [-0.15, -0.1) is 0 Å². The molecule has 0 saturated heterocycles. The van der Waals surface area contributed by atoms with Gasteiger partial charge >= 0.3 is 5.97 Å². The first kappa shape index (κ1) is 19.8. The summed E-state index contributed by atoms with van der Waals surface area (Å²) in [5.74, 6) is -0.549. The molecule has 28 heavy (non-hydrogen) atoms. The molecule has 2 aromatic carbocycles. The summed E-state index contributed by atoms with van der Waals surface area (Å²) in [7, 11) is -3.76. The van der Waals surface area contributed by atoms with Crippen LogP contribution in [0.5, 0.6) is 0 Å². The minimum atomic E-state index is -3.76. The van der Waals surface area contributed by atoms with Gasteiger partial charge in [-0.05, 0) is 41.3 Å². The number of carboxylic acid groups (broad SMARTS) is 1. The normalized spacial score (nSPS) is 11.7. The van der Waals surface area contributed by atoms with E-state index in [9.17, 15) is 13.2 Å². The van der Waals surface area contributed by atoms with Crippen LogP contribution in [-0.2, 0) is 27.6 Å². The Labute approximate surface area is 164 Å². The second-order valence-corrected chi connectivity index (χ2v) is 9.04. The molecular weight excluding hydrogens is 376 g/mol. The van der Waals surface area contributed by atoms with Crippen molar-refractivity contribution in [3.8, 4) is 11.1 Å². The van der Waals surface area contributed by atoms with Crippen molar-refractivity contribution >= 4 is 15.8 Å². The molecule has 0 fully saturated rings. The fraction of sp³-hybridized carbons (Fsp3) is 0.238. The van der Waals surface area contributed by atoms with Gasteiger partial charge in [0.2, 0.25) is 9.84 Å². The van der Waals surface area contributed by atoms with E-state index in [4.69, 9.17) is 5.11 Å². The molecule has 7 heteroatoms. The molecule has 3 aromatic rings. The Morgan fingerprint density at radius 2 is 1.75 bits per heavy atom. The van der Waals surface area contributed by atoms with Crippen molar-refractivity contribution in [2.45, 2.75) is 36.6 Å². The largest absolute Gasteiger partial charge is 0.481 e. The lowest BCUT2D eigenvalue weighted by Gasteiger charge is -2.08. The van der Waals surface area contributed by atoms with Gasteiger partial charge in [0.05, 0.1) is 22.4 Å². The van der Waals surface area contributed by atoms with Crippen molar-refractivity contribution in [1.29, 1.82) is 0 Å². The Morgan fingerprint density at radius 3 is 2.43 bits per heavy atom. The molecule has 1 aromatic heterocycles. The molecule has 6 nitrogen and oxygen atoms in total. The zero-order valence-corrected chi connectivity index (χ0v) is 16.6. The molecule has 0 saturated carbocycles. The Balaban J connectivity index is 1.95. The number of hydrogen-bond acceptors (Lipinski definition) is 4. The van der Waals surface area contributed by atoms with Crippen molar-refractivity contribution < 1.29 is 18.3 Å². The van der Waals surface area contributed by atoms with Crippen LogP contribution in [0.3, 0.4) is 0 Å². The van der Waals surface area contributed by atoms with Gasteiger partial charge in [0.1, 0.15) is 0 Å². The minimum Gasteiger partial charge on any atom is -0.481 e. The maximum atomic E-state index is 13.0. The molecule has 0 aliphatic rings. The van der Waals surface area contributed by atoms with Crippen LogP contribution in [0.15, 0.2) is 70.7 Å². The van der Waals surface area contributed by atoms with Crippen LogP contribution in [0, 0.1) is 5.92 Å². The van der Waals surface area contributed by atoms with Gasteiger partial charge in [0, 0.05) is 18.3 Å². The highest BCUT2D eigenvalue weighted by molar-refractivity contribution is 7.91. The molecule has 0 amide bonds. The van der Waals surface area contributed by atoms with Crippen molar-refractivity contribution in [2.24, 2.45) is 5.92 Å². The summed E-state index contributed by atoms with van der Waals surface area (Å²) in [4.78, 5) is 11.2. The third kappa shape index (κ3) is 4.48. The predicted molar refractivity (Wildman–Crippen MR) is 106 cm³/mol. The van der Waals surface area contributed by atoms with E-state index in [2.05, 4.69) is 18.9 Å². The molecule has 0 aliphatic heterocycles. The van der Waals surface area contributed by atoms with Gasteiger partial charge in [0.25, 0.3) is 0 Å². The second-order valence-electron chi connectivity index (χ2n) is 7.09. The molecule has 0 atom stereocenters. The standard InChI is InChI=1S/C21H22N2O4S/c1-15(2)13-23-14-18(12-22-23)17-6-4-8-20(11-17)28(26,27)19-7-3-5-16(9-19)10-21(24)25/h3-9,11-12,14-15H,10,13H2,1-2H3,(H,24,25). The van der Waals surface area contributed by atoms with Gasteiger partial charge in [-0.25, -0.2) is 8.42 Å². The van der Waals surface area contributed by atoms with Crippen molar-refractivity contribution in [1.82, 2.24) is 9.78 Å². The molecule has 1 N–H and O–H groups in total. The number of aliphatic carboxylic acids is 1. The molecule has 146 valence electrons. The smallest absolute Gasteiger partial charge is 0.307 e. The highest BCUT2D eigenvalue weighted by atomic mass is 32.2. The van der Waals surface area contributed by atoms with Crippen molar-refractivity contribution in [3.05, 3.63) is 66.5 Å². The van der Waals surface area contributed by atoms with Crippen molar-refractivity contribution in [2.75, 3.05) is 0 Å². The number of hydrogen-bond donors (Lipinski definition) is 1. The molecule has 0 unspecified atom stereocenters. The summed E-state index contributed by atoms with van der Waals surface area (Å²) in [5.41, 5.74) is 2.05. The fourth-order valence-electron chi connectivity index (χ4n) is 2.96. The summed E-state index contributed by atoms with van der Waals surface area (Å²) in [6.45, 7) is 4.99. The summed E-state index contributed by atoms with van der Waals surface area (Å²) in [6.07, 6.45) is 3.40. The van der Waals surface area contributed by atoms with Gasteiger partial charge in [-0.2, -0.15) is 5.10 Å². The Hall–Kier alpha value is -2.93. The summed E-state index contributed by atoms with van der Waals surface area (Å²) in [5, 5.41) is 13.3. The third-order valence-corrected chi connectivity index (χ3v) is 5.98. The van der Waals surface area contributed by atoms with E-state index in [0.29, 0.717) is 11.5 Å². The summed E-state index contributed by atoms with van der Waals surface area (Å²) in [6, 6.07) is 12.8. The lowest BCUT2D eigenvalue weighted by Crippen LogP contribution is -2.05. The Kier molecular flexibility index (Phi) is 5.65. The number of aromatic nitrogens is 2. The second kappa shape index (κ2) is 7.98.